The molecule has 1 saturated heterocycles. The Kier molecular flexibility index (Phi) is 13.2. The molecule has 11 nitrogen and oxygen atoms in total. The molecule has 0 aliphatic carbocycles. The second kappa shape index (κ2) is 15.8. The van der Waals surface area contributed by atoms with Crippen LogP contribution < -0.4 is 10.6 Å². The molecule has 0 spiro atoms. The number of nitrogens with one attached hydrogen (secondary N) is 3. The fourth-order valence-electron chi connectivity index (χ4n) is 2.25. The molecule has 1 aliphatic rings. The Balaban J connectivity index is 0.000000303. The normalized spacial score (nSPS) is 12.2. The Hall–Kier alpha value is -3.02. The van der Waals surface area contributed by atoms with Crippen molar-refractivity contribution in [3.8, 4) is 0 Å². The van der Waals surface area contributed by atoms with Crippen LogP contribution in [0.3, 0.4) is 0 Å². The summed E-state index contributed by atoms with van der Waals surface area (Å²) in [7, 11) is 3.59. The van der Waals surface area contributed by atoms with Crippen LogP contribution in [0.25, 0.3) is 5.52 Å². The number of rotatable bonds is 5. The van der Waals surface area contributed by atoms with Gasteiger partial charge < -0.3 is 25.2 Å². The highest BCUT2D eigenvalue weighted by molar-refractivity contribution is 5.71. The van der Waals surface area contributed by atoms with Crippen LogP contribution >= 0.6 is 0 Å². The number of nitrogens with zero attached hydrogens (tertiary/aromatic N) is 4. The minimum absolute atomic E-state index is 0.250. The van der Waals surface area contributed by atoms with Crippen molar-refractivity contribution in [2.75, 3.05) is 32.7 Å². The van der Waals surface area contributed by atoms with E-state index in [-0.39, 0.29) is 6.47 Å². The molecule has 4 N–H and O–H groups in total. The number of aromatic nitrogens is 5. The molecule has 31 heavy (non-hydrogen) atoms. The number of aromatic amines is 1. The van der Waals surface area contributed by atoms with Crippen LogP contribution in [0.1, 0.15) is 32.4 Å². The number of hydrogen-bond acceptors (Lipinski definition) is 8. The zero-order valence-electron chi connectivity index (χ0n) is 18.5. The number of anilines is 2. The third-order valence-corrected chi connectivity index (χ3v) is 3.89. The lowest BCUT2D eigenvalue weighted by Gasteiger charge is -2.03. The van der Waals surface area contributed by atoms with Crippen LogP contribution in [0.4, 0.5) is 11.6 Å². The molecule has 172 valence electrons. The predicted molar refractivity (Wildman–Crippen MR) is 119 cm³/mol. The van der Waals surface area contributed by atoms with Gasteiger partial charge in [-0.2, -0.15) is 10.2 Å². The van der Waals surface area contributed by atoms with Crippen LogP contribution in [0.2, 0.25) is 0 Å². The molecular weight excluding hydrogens is 402 g/mol. The van der Waals surface area contributed by atoms with E-state index in [0.29, 0.717) is 12.6 Å². The summed E-state index contributed by atoms with van der Waals surface area (Å²) in [6.45, 7) is 6.45. The van der Waals surface area contributed by atoms with Gasteiger partial charge in [0.05, 0.1) is 18.5 Å². The van der Waals surface area contributed by atoms with Crippen molar-refractivity contribution in [1.82, 2.24) is 30.1 Å². The van der Waals surface area contributed by atoms with E-state index in [9.17, 15) is 0 Å². The number of fused-ring (bicyclic) bond motifs is 1. The maximum Gasteiger partial charge on any atom is 0.290 e. The minimum atomic E-state index is -0.250. The standard InChI is InChI=1S/C11H12N6O.C4H11N.C4H8O.CH2O2/c1-18-7-8-6-9-11(12-4-5-17(9)16-8)14-10-2-3-13-15-10;1-4(2)5-3;1-2-4-5-3-1;2-1-3/h2-6H,7H2,1H3,(H2,12,13,14,15);4-5H,1-3H3;1-4H2;1H,(H,2,3). The summed E-state index contributed by atoms with van der Waals surface area (Å²) in [5.41, 5.74) is 1.75. The van der Waals surface area contributed by atoms with Gasteiger partial charge in [-0.15, -0.1) is 0 Å². The lowest BCUT2D eigenvalue weighted by atomic mass is 10.4. The third-order valence-electron chi connectivity index (χ3n) is 3.89. The van der Waals surface area contributed by atoms with Crippen molar-refractivity contribution in [2.24, 2.45) is 0 Å². The monoisotopic (exact) mass is 435 g/mol. The zero-order valence-corrected chi connectivity index (χ0v) is 18.5. The zero-order chi connectivity index (χ0) is 22.9. The van der Waals surface area contributed by atoms with Gasteiger partial charge in [-0.3, -0.25) is 9.89 Å². The van der Waals surface area contributed by atoms with Crippen molar-refractivity contribution in [3.05, 3.63) is 36.4 Å². The maximum atomic E-state index is 8.36. The van der Waals surface area contributed by atoms with E-state index in [0.717, 1.165) is 36.1 Å². The molecule has 3 aromatic heterocycles. The van der Waals surface area contributed by atoms with Gasteiger partial charge in [0, 0.05) is 44.8 Å². The lowest BCUT2D eigenvalue weighted by Crippen LogP contribution is -2.15. The van der Waals surface area contributed by atoms with E-state index in [1.54, 1.807) is 30.2 Å². The van der Waals surface area contributed by atoms with E-state index in [1.807, 2.05) is 19.2 Å². The average Bonchev–Trinajstić information content (AvgIpc) is 3.53. The fourth-order valence-corrected chi connectivity index (χ4v) is 2.25. The van der Waals surface area contributed by atoms with Crippen LogP contribution in [0.15, 0.2) is 30.7 Å². The fraction of sp³-hybridized carbons (Fsp3) is 0.500. The van der Waals surface area contributed by atoms with Gasteiger partial charge in [0.1, 0.15) is 11.3 Å². The van der Waals surface area contributed by atoms with E-state index >= 15 is 0 Å². The Morgan fingerprint density at radius 1 is 1.35 bits per heavy atom. The number of H-pyrrole nitrogens is 1. The third kappa shape index (κ3) is 10.5. The first-order valence-electron chi connectivity index (χ1n) is 9.97. The van der Waals surface area contributed by atoms with Crippen LogP contribution in [0.5, 0.6) is 0 Å². The second-order valence-electron chi connectivity index (χ2n) is 6.64. The van der Waals surface area contributed by atoms with E-state index in [2.05, 4.69) is 44.8 Å². The summed E-state index contributed by atoms with van der Waals surface area (Å²) in [5.74, 6) is 1.50. The molecule has 0 bridgehead atoms. The molecule has 0 amide bonds. The molecule has 1 aliphatic heterocycles. The maximum absolute atomic E-state index is 8.36. The number of ether oxygens (including phenoxy) is 2. The van der Waals surface area contributed by atoms with Crippen molar-refractivity contribution >= 4 is 23.6 Å². The van der Waals surface area contributed by atoms with Crippen molar-refractivity contribution in [3.63, 3.8) is 0 Å². The molecule has 4 rings (SSSR count). The predicted octanol–water partition coefficient (Wildman–Crippen LogP) is 2.45. The van der Waals surface area contributed by atoms with Gasteiger partial charge >= 0.3 is 0 Å². The Bertz CT molecular complexity index is 826. The molecule has 1 fully saturated rings. The van der Waals surface area contributed by atoms with Gasteiger partial charge in [-0.1, -0.05) is 13.8 Å². The quantitative estimate of drug-likeness (QED) is 0.445. The Labute approximate surface area is 182 Å². The van der Waals surface area contributed by atoms with E-state index in [4.69, 9.17) is 19.4 Å². The number of carboxylic acid groups (broad SMARTS) is 1. The highest BCUT2D eigenvalue weighted by Crippen LogP contribution is 2.18. The lowest BCUT2D eigenvalue weighted by molar-refractivity contribution is -0.122. The summed E-state index contributed by atoms with van der Waals surface area (Å²) < 4.78 is 11.8. The first-order valence-corrected chi connectivity index (χ1v) is 9.97. The molecule has 11 heteroatoms. The first kappa shape index (κ1) is 26.0. The van der Waals surface area contributed by atoms with Crippen molar-refractivity contribution in [1.29, 1.82) is 0 Å². The van der Waals surface area contributed by atoms with Crippen LogP contribution in [0, 0.1) is 0 Å². The Morgan fingerprint density at radius 3 is 2.52 bits per heavy atom. The van der Waals surface area contributed by atoms with E-state index < -0.39 is 0 Å². The van der Waals surface area contributed by atoms with Gasteiger partial charge in [0.15, 0.2) is 5.82 Å². The molecule has 0 aromatic carbocycles. The van der Waals surface area contributed by atoms with Gasteiger partial charge in [-0.25, -0.2) is 9.50 Å². The molecule has 4 heterocycles. The average molecular weight is 436 g/mol. The number of carbonyl (C=O) groups is 1. The molecule has 0 saturated carbocycles. The largest absolute Gasteiger partial charge is 0.483 e. The molecule has 0 atom stereocenters. The van der Waals surface area contributed by atoms with Gasteiger partial charge in [0.25, 0.3) is 6.47 Å². The molecule has 0 radical (unpaired) electrons. The topological polar surface area (TPSA) is 139 Å². The smallest absolute Gasteiger partial charge is 0.290 e. The first-order chi connectivity index (χ1) is 15.0. The van der Waals surface area contributed by atoms with Gasteiger partial charge in [-0.05, 0) is 26.0 Å². The molecule has 3 aromatic rings. The van der Waals surface area contributed by atoms with Crippen LogP contribution in [-0.4, -0.2) is 69.8 Å². The summed E-state index contributed by atoms with van der Waals surface area (Å²) in [5, 5.41) is 24.1. The highest BCUT2D eigenvalue weighted by atomic mass is 16.5. The Morgan fingerprint density at radius 2 is 2.03 bits per heavy atom. The summed E-state index contributed by atoms with van der Waals surface area (Å²) >= 11 is 0. The van der Waals surface area contributed by atoms with E-state index in [1.165, 1.54) is 12.8 Å². The highest BCUT2D eigenvalue weighted by Gasteiger charge is 2.07. The van der Waals surface area contributed by atoms with Gasteiger partial charge in [0.2, 0.25) is 0 Å². The summed E-state index contributed by atoms with van der Waals surface area (Å²) in [4.78, 5) is 12.7. The van der Waals surface area contributed by atoms with Crippen molar-refractivity contribution in [2.45, 2.75) is 39.3 Å². The van der Waals surface area contributed by atoms with Crippen molar-refractivity contribution < 1.29 is 19.4 Å². The number of hydrogen-bond donors (Lipinski definition) is 4. The van der Waals surface area contributed by atoms with Crippen LogP contribution in [-0.2, 0) is 20.9 Å². The SMILES string of the molecule is C1CCOC1.CNC(C)C.COCc1cc2c(Nc3ccn[nH]3)nccn2n1.O=CO. The molecule has 0 unspecified atom stereocenters. The number of methoxy groups -OCH3 is 1. The molecular formula is C20H33N7O4. The minimum Gasteiger partial charge on any atom is -0.483 e. The summed E-state index contributed by atoms with van der Waals surface area (Å²) in [6.07, 6.45) is 7.72. The second-order valence-corrected chi connectivity index (χ2v) is 6.64. The summed E-state index contributed by atoms with van der Waals surface area (Å²) in [6, 6.07) is 4.40.